The van der Waals surface area contributed by atoms with Gasteiger partial charge in [-0.25, -0.2) is 9.97 Å². The number of aliphatic hydroxyl groups excluding tert-OH is 1. The summed E-state index contributed by atoms with van der Waals surface area (Å²) in [6.45, 7) is 1.85. The molecule has 0 unspecified atom stereocenters. The monoisotopic (exact) mass is 356 g/mol. The molecule has 4 rings (SSSR count). The molecule has 1 aliphatic carbocycles. The van der Waals surface area contributed by atoms with Gasteiger partial charge in [-0.2, -0.15) is 0 Å². The molecule has 140 valence electrons. The average molecular weight is 356 g/mol. The molecule has 1 aliphatic heterocycles. The highest BCUT2D eigenvalue weighted by Crippen LogP contribution is 2.27. The molecule has 2 heterocycles. The Bertz CT molecular complexity index is 746. The van der Waals surface area contributed by atoms with Crippen molar-refractivity contribution in [2.24, 2.45) is 0 Å². The molecule has 0 spiro atoms. The van der Waals surface area contributed by atoms with Crippen LogP contribution in [0.3, 0.4) is 0 Å². The van der Waals surface area contributed by atoms with E-state index in [2.05, 4.69) is 22.2 Å². The van der Waals surface area contributed by atoms with Gasteiger partial charge in [0.25, 0.3) is 0 Å². The van der Waals surface area contributed by atoms with E-state index in [0.717, 1.165) is 48.9 Å². The predicted molar refractivity (Wildman–Crippen MR) is 103 cm³/mol. The van der Waals surface area contributed by atoms with Crippen LogP contribution in [0.4, 0.5) is 5.95 Å². The number of likely N-dealkylation sites (tertiary alicyclic amines) is 1. The van der Waals surface area contributed by atoms with Crippen LogP contribution in [0.2, 0.25) is 0 Å². The van der Waals surface area contributed by atoms with Gasteiger partial charge < -0.3 is 20.1 Å². The van der Waals surface area contributed by atoms with Gasteiger partial charge in [-0.3, -0.25) is 0 Å². The Balaban J connectivity index is 1.48. The van der Waals surface area contributed by atoms with Crippen molar-refractivity contribution in [2.45, 2.75) is 56.7 Å². The number of fused-ring (bicyclic) bond motifs is 1. The van der Waals surface area contributed by atoms with Crippen molar-refractivity contribution in [2.75, 3.05) is 25.5 Å². The second-order valence-electron chi connectivity index (χ2n) is 7.63. The first kappa shape index (κ1) is 17.5. The highest BCUT2D eigenvalue weighted by atomic mass is 16.5. The summed E-state index contributed by atoms with van der Waals surface area (Å²) in [6, 6.07) is 6.82. The van der Waals surface area contributed by atoms with Gasteiger partial charge in [0.15, 0.2) is 0 Å². The summed E-state index contributed by atoms with van der Waals surface area (Å²) in [6.07, 6.45) is 7.73. The van der Waals surface area contributed by atoms with Crippen molar-refractivity contribution in [1.82, 2.24) is 14.9 Å². The van der Waals surface area contributed by atoms with Crippen LogP contribution in [0.1, 0.15) is 38.5 Å². The molecule has 6 nitrogen and oxygen atoms in total. The van der Waals surface area contributed by atoms with E-state index in [9.17, 15) is 5.11 Å². The first-order chi connectivity index (χ1) is 12.7. The van der Waals surface area contributed by atoms with E-state index >= 15 is 0 Å². The fourth-order valence-electron chi connectivity index (χ4n) is 3.99. The summed E-state index contributed by atoms with van der Waals surface area (Å²) in [4.78, 5) is 11.6. The van der Waals surface area contributed by atoms with Gasteiger partial charge in [-0.05, 0) is 58.2 Å². The SMILES string of the molecule is CN1CCC[C@H]1COc1cccc2cnc(N[C@H]3CC[C@H](O)CC3)nc12. The fourth-order valence-corrected chi connectivity index (χ4v) is 3.99. The third-order valence-corrected chi connectivity index (χ3v) is 5.71. The largest absolute Gasteiger partial charge is 0.490 e. The van der Waals surface area contributed by atoms with E-state index in [0.29, 0.717) is 24.6 Å². The van der Waals surface area contributed by atoms with Crippen LogP contribution in [0.25, 0.3) is 10.9 Å². The Morgan fingerprint density at radius 2 is 2.08 bits per heavy atom. The van der Waals surface area contributed by atoms with Gasteiger partial charge in [0.05, 0.1) is 6.10 Å². The maximum absolute atomic E-state index is 9.66. The lowest BCUT2D eigenvalue weighted by Crippen LogP contribution is -2.30. The van der Waals surface area contributed by atoms with Crippen molar-refractivity contribution in [1.29, 1.82) is 0 Å². The van der Waals surface area contributed by atoms with Crippen LogP contribution in [0.15, 0.2) is 24.4 Å². The molecule has 1 saturated heterocycles. The normalized spacial score (nSPS) is 26.9. The van der Waals surface area contributed by atoms with Gasteiger partial charge in [-0.15, -0.1) is 0 Å². The highest BCUT2D eigenvalue weighted by molar-refractivity contribution is 5.84. The smallest absolute Gasteiger partial charge is 0.223 e. The van der Waals surface area contributed by atoms with Gasteiger partial charge in [0, 0.05) is 23.7 Å². The van der Waals surface area contributed by atoms with Crippen molar-refractivity contribution in [3.63, 3.8) is 0 Å². The van der Waals surface area contributed by atoms with Crippen molar-refractivity contribution in [3.05, 3.63) is 24.4 Å². The molecule has 6 heteroatoms. The van der Waals surface area contributed by atoms with Gasteiger partial charge in [0.2, 0.25) is 5.95 Å². The minimum Gasteiger partial charge on any atom is -0.490 e. The summed E-state index contributed by atoms with van der Waals surface area (Å²) in [5, 5.41) is 14.1. The van der Waals surface area contributed by atoms with Gasteiger partial charge in [0.1, 0.15) is 17.9 Å². The van der Waals surface area contributed by atoms with Crippen LogP contribution >= 0.6 is 0 Å². The quantitative estimate of drug-likeness (QED) is 0.858. The van der Waals surface area contributed by atoms with Crippen molar-refractivity contribution < 1.29 is 9.84 Å². The van der Waals surface area contributed by atoms with E-state index in [-0.39, 0.29) is 6.10 Å². The predicted octanol–water partition coefficient (Wildman–Crippen LogP) is 2.82. The van der Waals surface area contributed by atoms with E-state index in [4.69, 9.17) is 9.72 Å². The van der Waals surface area contributed by atoms with Crippen molar-refractivity contribution >= 4 is 16.9 Å². The van der Waals surface area contributed by atoms with Gasteiger partial charge in [-0.1, -0.05) is 12.1 Å². The number of rotatable bonds is 5. The molecule has 2 aromatic rings. The van der Waals surface area contributed by atoms with E-state index < -0.39 is 0 Å². The molecule has 2 N–H and O–H groups in total. The summed E-state index contributed by atoms with van der Waals surface area (Å²) in [7, 11) is 2.16. The lowest BCUT2D eigenvalue weighted by atomic mass is 9.93. The Morgan fingerprint density at radius 3 is 2.85 bits per heavy atom. The number of nitrogens with zero attached hydrogens (tertiary/aromatic N) is 3. The number of anilines is 1. The molecule has 1 aromatic heterocycles. The summed E-state index contributed by atoms with van der Waals surface area (Å²) in [5.41, 5.74) is 0.862. The van der Waals surface area contributed by atoms with Gasteiger partial charge >= 0.3 is 0 Å². The summed E-state index contributed by atoms with van der Waals surface area (Å²) >= 11 is 0. The number of benzene rings is 1. The van der Waals surface area contributed by atoms with Crippen molar-refractivity contribution in [3.8, 4) is 5.75 Å². The van der Waals surface area contributed by atoms with Crippen LogP contribution in [0, 0.1) is 0 Å². The molecule has 0 amide bonds. The third-order valence-electron chi connectivity index (χ3n) is 5.71. The molecule has 1 saturated carbocycles. The lowest BCUT2D eigenvalue weighted by molar-refractivity contribution is 0.126. The molecule has 2 aliphatic rings. The Hall–Kier alpha value is -1.92. The van der Waals surface area contributed by atoms with E-state index in [1.54, 1.807) is 0 Å². The maximum atomic E-state index is 9.66. The van der Waals surface area contributed by atoms with E-state index in [1.807, 2.05) is 24.4 Å². The molecule has 0 radical (unpaired) electrons. The molecule has 2 fully saturated rings. The first-order valence-electron chi connectivity index (χ1n) is 9.72. The molecular formula is C20H28N4O2. The zero-order valence-corrected chi connectivity index (χ0v) is 15.4. The van der Waals surface area contributed by atoms with Crippen LogP contribution in [-0.4, -0.2) is 58.4 Å². The second-order valence-corrected chi connectivity index (χ2v) is 7.63. The average Bonchev–Trinajstić information content (AvgIpc) is 3.07. The summed E-state index contributed by atoms with van der Waals surface area (Å²) in [5.74, 6) is 1.47. The topological polar surface area (TPSA) is 70.5 Å². The molecule has 26 heavy (non-hydrogen) atoms. The number of hydrogen-bond acceptors (Lipinski definition) is 6. The second kappa shape index (κ2) is 7.76. The number of nitrogens with one attached hydrogen (secondary N) is 1. The molecule has 1 atom stereocenters. The molecule has 0 bridgehead atoms. The Labute approximate surface area is 154 Å². The number of para-hydroxylation sites is 1. The lowest BCUT2D eigenvalue weighted by Gasteiger charge is -2.26. The number of hydrogen-bond donors (Lipinski definition) is 2. The standard InChI is InChI=1S/C20H28N4O2/c1-24-11-3-5-16(24)13-26-18-6-2-4-14-12-21-20(23-19(14)18)22-15-7-9-17(25)10-8-15/h2,4,6,12,15-17,25H,3,5,7-11,13H2,1H3,(H,21,22,23)/t15-,16-,17-/m0/s1. The maximum Gasteiger partial charge on any atom is 0.223 e. The Morgan fingerprint density at radius 1 is 1.23 bits per heavy atom. The van der Waals surface area contributed by atoms with Crippen LogP contribution in [-0.2, 0) is 0 Å². The number of ether oxygens (including phenoxy) is 1. The minimum atomic E-state index is -0.153. The molecular weight excluding hydrogens is 328 g/mol. The third kappa shape index (κ3) is 3.91. The van der Waals surface area contributed by atoms with Crippen LogP contribution < -0.4 is 10.1 Å². The van der Waals surface area contributed by atoms with E-state index in [1.165, 1.54) is 12.8 Å². The number of aromatic nitrogens is 2. The fraction of sp³-hybridized carbons (Fsp3) is 0.600. The first-order valence-corrected chi connectivity index (χ1v) is 9.72. The highest BCUT2D eigenvalue weighted by Gasteiger charge is 2.22. The minimum absolute atomic E-state index is 0.153. The summed E-state index contributed by atoms with van der Waals surface area (Å²) < 4.78 is 6.14. The Kier molecular flexibility index (Phi) is 5.22. The zero-order valence-electron chi connectivity index (χ0n) is 15.4. The zero-order chi connectivity index (χ0) is 17.9. The number of aliphatic hydroxyl groups is 1. The number of likely N-dealkylation sites (N-methyl/N-ethyl adjacent to an activating group) is 1. The molecule has 1 aromatic carbocycles. The van der Waals surface area contributed by atoms with Crippen LogP contribution in [0.5, 0.6) is 5.75 Å².